The van der Waals surface area contributed by atoms with E-state index in [0.29, 0.717) is 11.3 Å². The molecule has 0 bridgehead atoms. The van der Waals surface area contributed by atoms with Gasteiger partial charge in [-0.05, 0) is 24.6 Å². The predicted molar refractivity (Wildman–Crippen MR) is 65.3 cm³/mol. The quantitative estimate of drug-likeness (QED) is 0.650. The number of benzene rings is 1. The molecule has 0 aromatic heterocycles. The maximum Gasteiger partial charge on any atom is 0.248 e. The van der Waals surface area contributed by atoms with Crippen LogP contribution in [0.2, 0.25) is 0 Å². The van der Waals surface area contributed by atoms with Crippen LogP contribution in [-0.2, 0) is 9.53 Å². The third-order valence-corrected chi connectivity index (χ3v) is 2.51. The van der Waals surface area contributed by atoms with Crippen LogP contribution < -0.4 is 11.1 Å². The Morgan fingerprint density at radius 3 is 2.59 bits per heavy atom. The highest BCUT2D eigenvalue weighted by Crippen LogP contribution is 2.13. The molecule has 0 saturated carbocycles. The number of aliphatic hydroxyl groups excluding tert-OH is 1. The Labute approximate surface area is 101 Å². The predicted octanol–water partition coefficient (Wildman–Crippen LogP) is 0.453. The Balaban J connectivity index is 2.47. The van der Waals surface area contributed by atoms with E-state index in [2.05, 4.69) is 5.32 Å². The summed E-state index contributed by atoms with van der Waals surface area (Å²) >= 11 is 0. The van der Waals surface area contributed by atoms with Crippen LogP contribution in [0.5, 0.6) is 0 Å². The van der Waals surface area contributed by atoms with Gasteiger partial charge >= 0.3 is 0 Å². The summed E-state index contributed by atoms with van der Waals surface area (Å²) in [6, 6.07) is 6.87. The van der Waals surface area contributed by atoms with Gasteiger partial charge in [0, 0.05) is 19.3 Å². The first-order chi connectivity index (χ1) is 8.04. The smallest absolute Gasteiger partial charge is 0.248 e. The molecule has 5 heteroatoms. The lowest BCUT2D eigenvalue weighted by molar-refractivity contribution is -0.130. The van der Waals surface area contributed by atoms with Gasteiger partial charge in [-0.15, -0.1) is 0 Å². The van der Waals surface area contributed by atoms with Gasteiger partial charge in [0.05, 0.1) is 6.10 Å². The summed E-state index contributed by atoms with van der Waals surface area (Å²) in [6.45, 7) is 1.79. The molecule has 4 N–H and O–H groups in total. The molecule has 0 saturated heterocycles. The molecule has 1 aromatic rings. The molecular weight excluding hydrogens is 220 g/mol. The summed E-state index contributed by atoms with van der Waals surface area (Å²) in [5, 5.41) is 12.4. The number of carbonyl (C=O) groups is 1. The van der Waals surface area contributed by atoms with Gasteiger partial charge in [0.25, 0.3) is 0 Å². The van der Waals surface area contributed by atoms with Crippen LogP contribution in [0.4, 0.5) is 5.69 Å². The summed E-state index contributed by atoms with van der Waals surface area (Å²) in [7, 11) is 1.46. The molecule has 0 fully saturated rings. The van der Waals surface area contributed by atoms with E-state index in [9.17, 15) is 9.90 Å². The van der Waals surface area contributed by atoms with Crippen LogP contribution in [0.3, 0.4) is 0 Å². The number of carbonyl (C=O) groups excluding carboxylic acids is 1. The van der Waals surface area contributed by atoms with Gasteiger partial charge in [0.15, 0.2) is 0 Å². The average Bonchev–Trinajstić information content (AvgIpc) is 2.35. The minimum absolute atomic E-state index is 0.149. The fourth-order valence-corrected chi connectivity index (χ4v) is 1.28. The molecule has 0 spiro atoms. The number of ether oxygens (including phenoxy) is 1. The molecule has 2 atom stereocenters. The number of aliphatic hydroxyl groups is 1. The minimum Gasteiger partial charge on any atom is -0.399 e. The Kier molecular flexibility index (Phi) is 4.93. The van der Waals surface area contributed by atoms with E-state index in [1.807, 2.05) is 0 Å². The van der Waals surface area contributed by atoms with E-state index in [1.165, 1.54) is 7.11 Å². The average molecular weight is 238 g/mol. The van der Waals surface area contributed by atoms with Crippen LogP contribution in [0.1, 0.15) is 18.6 Å². The SMILES string of the molecule is COC(C)C(=O)NCC(O)c1ccc(N)cc1. The highest BCUT2D eigenvalue weighted by molar-refractivity contribution is 5.80. The zero-order valence-corrected chi connectivity index (χ0v) is 10.0. The molecule has 0 radical (unpaired) electrons. The molecule has 0 aliphatic rings. The van der Waals surface area contributed by atoms with Gasteiger partial charge < -0.3 is 20.9 Å². The van der Waals surface area contributed by atoms with Crippen LogP contribution in [-0.4, -0.2) is 30.8 Å². The van der Waals surface area contributed by atoms with E-state index in [0.717, 1.165) is 0 Å². The number of amides is 1. The molecule has 0 aliphatic carbocycles. The lowest BCUT2D eigenvalue weighted by atomic mass is 10.1. The highest BCUT2D eigenvalue weighted by atomic mass is 16.5. The van der Waals surface area contributed by atoms with Crippen molar-refractivity contribution in [3.63, 3.8) is 0 Å². The third kappa shape index (κ3) is 4.05. The lowest BCUT2D eigenvalue weighted by Crippen LogP contribution is -2.36. The van der Waals surface area contributed by atoms with Crippen LogP contribution >= 0.6 is 0 Å². The van der Waals surface area contributed by atoms with Crippen molar-refractivity contribution in [1.29, 1.82) is 0 Å². The zero-order chi connectivity index (χ0) is 12.8. The number of rotatable bonds is 5. The summed E-state index contributed by atoms with van der Waals surface area (Å²) < 4.78 is 4.86. The summed E-state index contributed by atoms with van der Waals surface area (Å²) in [5.41, 5.74) is 6.89. The van der Waals surface area contributed by atoms with Gasteiger partial charge in [-0.2, -0.15) is 0 Å². The normalized spacial score (nSPS) is 14.1. The van der Waals surface area contributed by atoms with Gasteiger partial charge in [-0.25, -0.2) is 0 Å². The van der Waals surface area contributed by atoms with Crippen molar-refractivity contribution in [2.45, 2.75) is 19.1 Å². The van der Waals surface area contributed by atoms with Crippen molar-refractivity contribution in [3.05, 3.63) is 29.8 Å². The molecule has 5 nitrogen and oxygen atoms in total. The van der Waals surface area contributed by atoms with Crippen molar-refractivity contribution in [2.24, 2.45) is 0 Å². The number of nitrogen functional groups attached to an aromatic ring is 1. The number of nitrogens with two attached hydrogens (primary N) is 1. The Morgan fingerprint density at radius 2 is 2.06 bits per heavy atom. The largest absolute Gasteiger partial charge is 0.399 e. The number of anilines is 1. The molecule has 17 heavy (non-hydrogen) atoms. The van der Waals surface area contributed by atoms with Gasteiger partial charge in [0.1, 0.15) is 6.10 Å². The molecule has 94 valence electrons. The maximum atomic E-state index is 11.4. The molecule has 2 unspecified atom stereocenters. The minimum atomic E-state index is -0.747. The fourth-order valence-electron chi connectivity index (χ4n) is 1.28. The second-order valence-corrected chi connectivity index (χ2v) is 3.81. The zero-order valence-electron chi connectivity index (χ0n) is 10.0. The molecule has 1 aromatic carbocycles. The molecule has 1 amide bonds. The standard InChI is InChI=1S/C12H18N2O3/c1-8(17-2)12(16)14-7-11(15)9-3-5-10(13)6-4-9/h3-6,8,11,15H,7,13H2,1-2H3,(H,14,16). The van der Waals surface area contributed by atoms with Gasteiger partial charge in [0.2, 0.25) is 5.91 Å². The summed E-state index contributed by atoms with van der Waals surface area (Å²) in [5.74, 6) is -0.248. The fraction of sp³-hybridized carbons (Fsp3) is 0.417. The van der Waals surface area contributed by atoms with Crippen molar-refractivity contribution in [1.82, 2.24) is 5.32 Å². The number of hydrogen-bond acceptors (Lipinski definition) is 4. The van der Waals surface area contributed by atoms with Crippen molar-refractivity contribution < 1.29 is 14.6 Å². The lowest BCUT2D eigenvalue weighted by Gasteiger charge is -2.14. The second kappa shape index (κ2) is 6.22. The monoisotopic (exact) mass is 238 g/mol. The summed E-state index contributed by atoms with van der Waals surface area (Å²) in [4.78, 5) is 11.4. The van der Waals surface area contributed by atoms with Crippen LogP contribution in [0, 0.1) is 0 Å². The van der Waals surface area contributed by atoms with E-state index in [-0.39, 0.29) is 12.5 Å². The Bertz CT molecular complexity index is 365. The topological polar surface area (TPSA) is 84.6 Å². The molecule has 0 heterocycles. The Morgan fingerprint density at radius 1 is 1.47 bits per heavy atom. The third-order valence-electron chi connectivity index (χ3n) is 2.51. The van der Waals surface area contributed by atoms with Crippen LogP contribution in [0.15, 0.2) is 24.3 Å². The van der Waals surface area contributed by atoms with Gasteiger partial charge in [-0.3, -0.25) is 4.79 Å². The summed E-state index contributed by atoms with van der Waals surface area (Å²) in [6.07, 6.45) is -1.27. The number of methoxy groups -OCH3 is 1. The first-order valence-electron chi connectivity index (χ1n) is 5.38. The first kappa shape index (κ1) is 13.5. The number of nitrogens with one attached hydrogen (secondary N) is 1. The molecular formula is C12H18N2O3. The van der Waals surface area contributed by atoms with E-state index in [1.54, 1.807) is 31.2 Å². The Hall–Kier alpha value is -1.59. The van der Waals surface area contributed by atoms with Gasteiger partial charge in [-0.1, -0.05) is 12.1 Å². The van der Waals surface area contributed by atoms with Crippen LogP contribution in [0.25, 0.3) is 0 Å². The molecule has 0 aliphatic heterocycles. The first-order valence-corrected chi connectivity index (χ1v) is 5.38. The van der Waals surface area contributed by atoms with E-state index < -0.39 is 12.2 Å². The second-order valence-electron chi connectivity index (χ2n) is 3.81. The van der Waals surface area contributed by atoms with E-state index >= 15 is 0 Å². The maximum absolute atomic E-state index is 11.4. The van der Waals surface area contributed by atoms with Crippen molar-refractivity contribution in [2.75, 3.05) is 19.4 Å². The highest BCUT2D eigenvalue weighted by Gasteiger charge is 2.13. The van der Waals surface area contributed by atoms with E-state index in [4.69, 9.17) is 10.5 Å². The number of hydrogen-bond donors (Lipinski definition) is 3. The van der Waals surface area contributed by atoms with Crippen molar-refractivity contribution in [3.8, 4) is 0 Å². The van der Waals surface area contributed by atoms with Crippen molar-refractivity contribution >= 4 is 11.6 Å². The molecule has 1 rings (SSSR count).